The summed E-state index contributed by atoms with van der Waals surface area (Å²) in [5, 5.41) is 93.8. The molecule has 5 aliphatic rings. The lowest BCUT2D eigenvalue weighted by Gasteiger charge is -2.38. The summed E-state index contributed by atoms with van der Waals surface area (Å²) in [6.45, 7) is 22.6. The minimum absolute atomic E-state index is 0.0275. The van der Waals surface area contributed by atoms with Gasteiger partial charge >= 0.3 is 11.9 Å². The molecule has 0 aromatic heterocycles. The average molecular weight is 1390 g/mol. The number of hydrogen-bond acceptors (Lipinski definition) is 20. The highest BCUT2D eigenvalue weighted by molar-refractivity contribution is 5.83. The van der Waals surface area contributed by atoms with Crippen LogP contribution in [0.5, 0.6) is 0 Å². The molecule has 8 N–H and O–H groups in total. The molecule has 20 nitrogen and oxygen atoms in total. The number of cyclic esters (lactones) is 2. The molecule has 0 spiro atoms. The van der Waals surface area contributed by atoms with Gasteiger partial charge in [0, 0.05) is 102 Å². The van der Waals surface area contributed by atoms with E-state index in [1.54, 1.807) is 54.4 Å². The first-order valence-corrected chi connectivity index (χ1v) is 37.1. The first-order valence-electron chi connectivity index (χ1n) is 37.1. The van der Waals surface area contributed by atoms with Gasteiger partial charge in [-0.1, -0.05) is 115 Å². The molecule has 0 aliphatic carbocycles. The van der Waals surface area contributed by atoms with Crippen molar-refractivity contribution in [3.05, 3.63) is 71.9 Å². The van der Waals surface area contributed by atoms with Crippen molar-refractivity contribution in [2.75, 3.05) is 28.4 Å². The Morgan fingerprint density at radius 2 is 0.786 bits per heavy atom. The van der Waals surface area contributed by atoms with Gasteiger partial charge < -0.3 is 88.2 Å². The van der Waals surface area contributed by atoms with Crippen LogP contribution in [0.1, 0.15) is 199 Å². The van der Waals surface area contributed by atoms with E-state index in [-0.39, 0.29) is 86.4 Å². The Morgan fingerprint density at radius 3 is 1.13 bits per heavy atom. The van der Waals surface area contributed by atoms with Crippen molar-refractivity contribution in [1.29, 1.82) is 0 Å². The number of carbonyl (C=O) groups is 2. The fourth-order valence-corrected chi connectivity index (χ4v) is 15.4. The number of rotatable bonds is 12. The minimum atomic E-state index is -1.14. The van der Waals surface area contributed by atoms with Crippen LogP contribution in [0.2, 0.25) is 0 Å². The molecule has 0 amide bonds. The molecular weight excluding hydrogens is 1260 g/mol. The lowest BCUT2D eigenvalue weighted by molar-refractivity contribution is -0.156. The van der Waals surface area contributed by atoms with Crippen LogP contribution in [-0.2, 0) is 57.0 Å². The van der Waals surface area contributed by atoms with Crippen molar-refractivity contribution in [2.24, 2.45) is 47.3 Å². The van der Waals surface area contributed by atoms with Crippen molar-refractivity contribution in [3.63, 3.8) is 0 Å². The summed E-state index contributed by atoms with van der Waals surface area (Å²) in [5.41, 5.74) is 1.44. The van der Waals surface area contributed by atoms with Crippen molar-refractivity contribution < 1.29 is 97.8 Å². The zero-order chi connectivity index (χ0) is 72.5. The summed E-state index contributed by atoms with van der Waals surface area (Å²) in [7, 11) is 6.59. The number of fused-ring (bicyclic) bond motifs is 4. The van der Waals surface area contributed by atoms with E-state index in [9.17, 15) is 50.4 Å². The largest absolute Gasteiger partial charge is 0.459 e. The molecule has 0 aromatic carbocycles. The predicted octanol–water partition coefficient (Wildman–Crippen LogP) is 10.1. The smallest absolute Gasteiger partial charge is 0.331 e. The Hall–Kier alpha value is -3.26. The molecule has 564 valence electrons. The van der Waals surface area contributed by atoms with Crippen LogP contribution in [0.4, 0.5) is 0 Å². The second kappa shape index (κ2) is 43.1. The molecule has 2 saturated heterocycles. The lowest BCUT2D eigenvalue weighted by atomic mass is 9.79. The molecule has 98 heavy (non-hydrogen) atoms. The maximum atomic E-state index is 13.8. The average Bonchev–Trinajstić information content (AvgIpc) is 0.873. The van der Waals surface area contributed by atoms with E-state index in [0.29, 0.717) is 64.2 Å². The molecule has 5 rings (SSSR count). The summed E-state index contributed by atoms with van der Waals surface area (Å²) < 4.78 is 61.5. The van der Waals surface area contributed by atoms with Gasteiger partial charge in [0.2, 0.25) is 0 Å². The van der Waals surface area contributed by atoms with Crippen molar-refractivity contribution >= 4 is 11.9 Å². The van der Waals surface area contributed by atoms with Gasteiger partial charge in [-0.2, -0.15) is 0 Å². The molecule has 0 radical (unpaired) electrons. The van der Waals surface area contributed by atoms with Gasteiger partial charge in [0.1, 0.15) is 12.2 Å². The van der Waals surface area contributed by atoms with Gasteiger partial charge in [0.05, 0.1) is 122 Å². The van der Waals surface area contributed by atoms with Crippen molar-refractivity contribution in [2.45, 2.75) is 333 Å². The molecule has 20 heteroatoms. The number of esters is 2. The fourth-order valence-electron chi connectivity index (χ4n) is 15.4. The van der Waals surface area contributed by atoms with Crippen LogP contribution in [0.15, 0.2) is 71.9 Å². The van der Waals surface area contributed by atoms with Gasteiger partial charge in [-0.05, 0) is 129 Å². The van der Waals surface area contributed by atoms with E-state index in [1.807, 2.05) is 106 Å². The summed E-state index contributed by atoms with van der Waals surface area (Å²) in [6.07, 6.45) is 14.4. The maximum Gasteiger partial charge on any atom is 0.331 e. The van der Waals surface area contributed by atoms with Crippen LogP contribution in [0.3, 0.4) is 0 Å². The molecule has 5 aliphatic heterocycles. The second-order valence-corrected chi connectivity index (χ2v) is 30.3. The zero-order valence-corrected chi connectivity index (χ0v) is 62.3. The molecule has 4 bridgehead atoms. The topological polar surface area (TPSA) is 288 Å². The van der Waals surface area contributed by atoms with E-state index >= 15 is 0 Å². The summed E-state index contributed by atoms with van der Waals surface area (Å²) in [4.78, 5) is 27.7. The molecule has 30 atom stereocenters. The third-order valence-electron chi connectivity index (χ3n) is 22.3. The first-order chi connectivity index (χ1) is 46.4. The van der Waals surface area contributed by atoms with Crippen molar-refractivity contribution in [1.82, 2.24) is 0 Å². The zero-order valence-electron chi connectivity index (χ0n) is 62.3. The highest BCUT2D eigenvalue weighted by Crippen LogP contribution is 2.37. The van der Waals surface area contributed by atoms with E-state index in [0.717, 1.165) is 36.8 Å². The van der Waals surface area contributed by atoms with Gasteiger partial charge in [-0.25, -0.2) is 9.59 Å². The Bertz CT molecular complexity index is 2320. The third kappa shape index (κ3) is 28.1. The standard InChI is InChI=1S/C78H132O20/c1-45-23-29-57(79)37-59-19-17-21-61(95-59)41-71(91-15)51(7)68(82)44-70(84)54(10)76(88)56(12)78(48(4)28-32-64-40-66(90-14)36-50(6)94-64)98-74(86)34-26-46(2)24-30-58(80)38-60-20-18-22-62(96-60)42-72(92-16)52(8)67(81)43-69(83)53(9)75(87)55(11)77(97-73(85)33-25-45)47(3)27-31-63-39-65(89-13)35-49(5)93-63/h17-20,23-26,33-34,47-72,75-84,87-88H,21-22,27-32,35-44H2,1-16H3/t47-,48?,49?,50-,51+,52-,53-,54-,55+,56+,57-,58-,59-,60?,61-,62?,63?,64?,65+,66?,67-,68?,69+,70+,71+,72-,75-,76-,77?,78-/m0/s1. The van der Waals surface area contributed by atoms with Crippen LogP contribution in [0, 0.1) is 47.3 Å². The number of ether oxygens (including phenoxy) is 10. The van der Waals surface area contributed by atoms with Crippen LogP contribution >= 0.6 is 0 Å². The number of hydrogen-bond donors (Lipinski definition) is 8. The lowest BCUT2D eigenvalue weighted by Crippen LogP contribution is -2.45. The number of aliphatic hydroxyl groups excluding tert-OH is 8. The fraction of sp³-hybridized carbons (Fsp3) is 0.821. The van der Waals surface area contributed by atoms with Crippen molar-refractivity contribution in [3.8, 4) is 0 Å². The van der Waals surface area contributed by atoms with E-state index in [2.05, 4.69) is 0 Å². The SMILES string of the molecule is COC1CC(CCC(C)[C@@H]2OC(=O)C=CC(C)=CC[C@H](O)CC3C=CCC(C[C@H](OC)[C@@H](C)[C@@H](O)C[C@@H](O)[C@H](C)[C@H](O)[C@@H](C)C([C@@H](C)CCC4C[C@H](OC)CC(C)O4)OC(=O)C=CC(C)=CC[C@H](O)C[C@@H]4C=CC[C@@H](C[C@@H](OC)[C@H](C)C(O)C[C@@H](O)[C@H](C)[C@H](O)[C@H]2C)O4)O3)O[C@@H](C)C1. The molecule has 0 aromatic rings. The Morgan fingerprint density at radius 1 is 0.429 bits per heavy atom. The van der Waals surface area contributed by atoms with E-state index in [1.165, 1.54) is 12.2 Å². The molecule has 9 unspecified atom stereocenters. The van der Waals surface area contributed by atoms with Crippen LogP contribution in [-0.4, -0.2) is 216 Å². The summed E-state index contributed by atoms with van der Waals surface area (Å²) >= 11 is 0. The minimum Gasteiger partial charge on any atom is -0.459 e. The maximum absolute atomic E-state index is 13.8. The van der Waals surface area contributed by atoms with E-state index < -0.39 is 133 Å². The Labute approximate surface area is 587 Å². The third-order valence-corrected chi connectivity index (χ3v) is 22.3. The first kappa shape index (κ1) is 85.4. The van der Waals surface area contributed by atoms with Gasteiger partial charge in [0.25, 0.3) is 0 Å². The monoisotopic (exact) mass is 1390 g/mol. The van der Waals surface area contributed by atoms with Crippen LogP contribution < -0.4 is 0 Å². The van der Waals surface area contributed by atoms with Crippen LogP contribution in [0.25, 0.3) is 0 Å². The molecule has 5 heterocycles. The number of allylic oxidation sites excluding steroid dienone is 4. The Kier molecular flexibility index (Phi) is 37.6. The van der Waals surface area contributed by atoms with Gasteiger partial charge in [-0.3, -0.25) is 0 Å². The molecule has 0 saturated carbocycles. The quantitative estimate of drug-likeness (QED) is 0.0666. The number of methoxy groups -OCH3 is 4. The Balaban J connectivity index is 1.36. The van der Waals surface area contributed by atoms with Gasteiger partial charge in [0.15, 0.2) is 0 Å². The molecular formula is C78H132O20. The summed E-state index contributed by atoms with van der Waals surface area (Å²) in [5.74, 6) is -5.33. The predicted molar refractivity (Wildman–Crippen MR) is 377 cm³/mol. The normalized spacial score (nSPS) is 41.6. The second-order valence-electron chi connectivity index (χ2n) is 30.3. The number of carbonyl (C=O) groups excluding carboxylic acids is 2. The number of aliphatic hydroxyl groups is 8. The highest BCUT2D eigenvalue weighted by Gasteiger charge is 2.42. The summed E-state index contributed by atoms with van der Waals surface area (Å²) in [6, 6.07) is 0. The van der Waals surface area contributed by atoms with Gasteiger partial charge in [-0.15, -0.1) is 0 Å². The molecule has 2 fully saturated rings. The van der Waals surface area contributed by atoms with E-state index in [4.69, 9.17) is 47.4 Å². The highest BCUT2D eigenvalue weighted by atomic mass is 16.6.